The van der Waals surface area contributed by atoms with Crippen molar-refractivity contribution in [1.82, 2.24) is 0 Å². The lowest BCUT2D eigenvalue weighted by molar-refractivity contribution is 0.0580. The van der Waals surface area contributed by atoms with Crippen molar-refractivity contribution in [3.8, 4) is 0 Å². The van der Waals surface area contributed by atoms with E-state index >= 15 is 0 Å². The minimum Gasteiger partial charge on any atom is -0.373 e. The van der Waals surface area contributed by atoms with Crippen LogP contribution >= 0.6 is 22.6 Å². The lowest BCUT2D eigenvalue weighted by atomic mass is 10.1. The van der Waals surface area contributed by atoms with Crippen LogP contribution in [0.15, 0.2) is 0 Å². The molecule has 0 rings (SSSR count). The maximum absolute atomic E-state index is 6.21. The summed E-state index contributed by atoms with van der Waals surface area (Å²) in [6.07, 6.45) is 10.7. The van der Waals surface area contributed by atoms with Crippen LogP contribution in [0.4, 0.5) is 0 Å². The van der Waals surface area contributed by atoms with Crippen LogP contribution in [0.1, 0.15) is 85.5 Å². The van der Waals surface area contributed by atoms with Gasteiger partial charge in [-0.25, -0.2) is 0 Å². The van der Waals surface area contributed by atoms with Crippen molar-refractivity contribution in [2.45, 2.75) is 89.0 Å². The minimum absolute atomic E-state index is 0.372. The van der Waals surface area contributed by atoms with Gasteiger partial charge in [0, 0.05) is 19.8 Å². The van der Waals surface area contributed by atoms with Gasteiger partial charge in [0.1, 0.15) is 0 Å². The molecule has 1 unspecified atom stereocenters. The molecule has 0 aliphatic carbocycles. The van der Waals surface area contributed by atoms with E-state index in [0.717, 1.165) is 45.5 Å². The Morgan fingerprint density at radius 2 is 1.14 bits per heavy atom. The van der Waals surface area contributed by atoms with Crippen molar-refractivity contribution in [3.05, 3.63) is 0 Å². The van der Waals surface area contributed by atoms with Crippen LogP contribution in [-0.4, -0.2) is 32.2 Å². The largest absolute Gasteiger partial charge is 0.514 e. The van der Waals surface area contributed by atoms with E-state index in [1.54, 1.807) is 0 Å². The first-order valence-corrected chi connectivity index (χ1v) is 12.3. The average molecular weight is 444 g/mol. The Hall–Kier alpha value is 0.827. The zero-order chi connectivity index (χ0) is 16.7. The molecule has 0 saturated heterocycles. The van der Waals surface area contributed by atoms with E-state index < -0.39 is 8.80 Å². The van der Waals surface area contributed by atoms with Gasteiger partial charge in [0.05, 0.1) is 3.55 Å². The Bertz CT molecular complexity index is 220. The van der Waals surface area contributed by atoms with E-state index in [4.69, 9.17) is 13.3 Å². The molecule has 134 valence electrons. The Kier molecular flexibility index (Phi) is 15.9. The SMILES string of the molecule is CCCCCCCC(I)[Si](OCCC)(OCCC)OCCC. The summed E-state index contributed by atoms with van der Waals surface area (Å²) < 4.78 is 19.0. The lowest BCUT2D eigenvalue weighted by Gasteiger charge is -2.33. The molecule has 0 heterocycles. The number of hydrogen-bond acceptors (Lipinski definition) is 3. The van der Waals surface area contributed by atoms with Gasteiger partial charge in [0.2, 0.25) is 0 Å². The fraction of sp³-hybridized carbons (Fsp3) is 1.00. The fourth-order valence-corrected chi connectivity index (χ4v) is 7.11. The van der Waals surface area contributed by atoms with E-state index in [0.29, 0.717) is 3.55 Å². The molecule has 0 bridgehead atoms. The summed E-state index contributed by atoms with van der Waals surface area (Å²) in [6.45, 7) is 10.9. The van der Waals surface area contributed by atoms with Crippen LogP contribution in [0.5, 0.6) is 0 Å². The van der Waals surface area contributed by atoms with Gasteiger partial charge in [-0.05, 0) is 25.7 Å². The van der Waals surface area contributed by atoms with Crippen molar-refractivity contribution in [3.63, 3.8) is 0 Å². The van der Waals surface area contributed by atoms with Gasteiger partial charge in [-0.3, -0.25) is 0 Å². The molecule has 0 aliphatic rings. The molecular formula is C17H37IO3Si. The first kappa shape index (κ1) is 22.8. The molecule has 3 nitrogen and oxygen atoms in total. The van der Waals surface area contributed by atoms with Gasteiger partial charge < -0.3 is 13.3 Å². The summed E-state index contributed by atoms with van der Waals surface area (Å²) in [5.41, 5.74) is 0. The quantitative estimate of drug-likeness (QED) is 0.128. The molecule has 22 heavy (non-hydrogen) atoms. The Balaban J connectivity index is 4.58. The normalized spacial score (nSPS) is 13.5. The monoisotopic (exact) mass is 444 g/mol. The molecule has 0 amide bonds. The Morgan fingerprint density at radius 1 is 0.682 bits per heavy atom. The van der Waals surface area contributed by atoms with Crippen LogP contribution in [0.3, 0.4) is 0 Å². The van der Waals surface area contributed by atoms with E-state index in [9.17, 15) is 0 Å². The molecule has 0 aliphatic heterocycles. The summed E-state index contributed by atoms with van der Waals surface area (Å²) >= 11 is 2.52. The number of unbranched alkanes of at least 4 members (excludes halogenated alkanes) is 4. The zero-order valence-electron chi connectivity index (χ0n) is 15.2. The van der Waals surface area contributed by atoms with Gasteiger partial charge >= 0.3 is 8.80 Å². The van der Waals surface area contributed by atoms with Crippen molar-refractivity contribution < 1.29 is 13.3 Å². The topological polar surface area (TPSA) is 27.7 Å². The van der Waals surface area contributed by atoms with Crippen LogP contribution in [0.25, 0.3) is 0 Å². The fourth-order valence-electron chi connectivity index (χ4n) is 2.23. The van der Waals surface area contributed by atoms with E-state index in [-0.39, 0.29) is 0 Å². The molecule has 0 spiro atoms. The maximum Gasteiger partial charge on any atom is 0.514 e. The first-order chi connectivity index (χ1) is 10.7. The second-order valence-electron chi connectivity index (χ2n) is 5.82. The Morgan fingerprint density at radius 3 is 1.55 bits per heavy atom. The predicted octanol–water partition coefficient (Wildman–Crippen LogP) is 5.91. The van der Waals surface area contributed by atoms with Crippen molar-refractivity contribution in [2.24, 2.45) is 0 Å². The zero-order valence-corrected chi connectivity index (χ0v) is 18.3. The molecular weight excluding hydrogens is 407 g/mol. The van der Waals surface area contributed by atoms with Crippen LogP contribution in [0.2, 0.25) is 0 Å². The van der Waals surface area contributed by atoms with Gasteiger partial charge in [0.15, 0.2) is 0 Å². The van der Waals surface area contributed by atoms with Crippen LogP contribution < -0.4 is 0 Å². The summed E-state index contributed by atoms with van der Waals surface area (Å²) in [5.74, 6) is 0. The molecule has 0 fully saturated rings. The maximum atomic E-state index is 6.21. The molecule has 0 aromatic rings. The molecule has 0 aromatic carbocycles. The highest BCUT2D eigenvalue weighted by molar-refractivity contribution is 14.1. The van der Waals surface area contributed by atoms with Gasteiger partial charge in [0.25, 0.3) is 0 Å². The standard InChI is InChI=1S/C17H37IO3Si/c1-5-9-10-11-12-13-17(18)22(19-14-6-2,20-15-7-3)21-16-8-4/h17H,5-16H2,1-4H3. The minimum atomic E-state index is -2.54. The van der Waals surface area contributed by atoms with Crippen molar-refractivity contribution in [1.29, 1.82) is 0 Å². The molecule has 0 N–H and O–H groups in total. The molecule has 1 atom stereocenters. The first-order valence-electron chi connectivity index (χ1n) is 9.22. The van der Waals surface area contributed by atoms with E-state index in [2.05, 4.69) is 50.3 Å². The Labute approximate surface area is 153 Å². The van der Waals surface area contributed by atoms with Crippen LogP contribution in [-0.2, 0) is 13.3 Å². The number of hydrogen-bond donors (Lipinski definition) is 0. The summed E-state index contributed by atoms with van der Waals surface area (Å²) in [7, 11) is -2.54. The van der Waals surface area contributed by atoms with Gasteiger partial charge in [-0.2, -0.15) is 0 Å². The highest BCUT2D eigenvalue weighted by Crippen LogP contribution is 2.27. The third kappa shape index (κ3) is 9.85. The number of rotatable bonds is 16. The third-order valence-corrected chi connectivity index (χ3v) is 9.25. The smallest absolute Gasteiger partial charge is 0.373 e. The van der Waals surface area contributed by atoms with Gasteiger partial charge in [-0.15, -0.1) is 0 Å². The van der Waals surface area contributed by atoms with E-state index in [1.807, 2.05) is 0 Å². The molecule has 0 aromatic heterocycles. The molecule has 5 heteroatoms. The van der Waals surface area contributed by atoms with Gasteiger partial charge in [-0.1, -0.05) is 82.4 Å². The lowest BCUT2D eigenvalue weighted by Crippen LogP contribution is -2.54. The molecule has 0 saturated carbocycles. The highest BCUT2D eigenvalue weighted by atomic mass is 127. The van der Waals surface area contributed by atoms with Crippen molar-refractivity contribution >= 4 is 31.4 Å². The summed E-state index contributed by atoms with van der Waals surface area (Å²) in [5, 5.41) is 0. The molecule has 0 radical (unpaired) electrons. The second kappa shape index (κ2) is 15.4. The number of halogens is 1. The predicted molar refractivity (Wildman–Crippen MR) is 106 cm³/mol. The number of alkyl halides is 1. The highest BCUT2D eigenvalue weighted by Gasteiger charge is 2.48. The summed E-state index contributed by atoms with van der Waals surface area (Å²) in [6, 6.07) is 0. The second-order valence-corrected chi connectivity index (χ2v) is 11.3. The van der Waals surface area contributed by atoms with Crippen LogP contribution in [0, 0.1) is 0 Å². The van der Waals surface area contributed by atoms with Crippen molar-refractivity contribution in [2.75, 3.05) is 19.8 Å². The average Bonchev–Trinajstić information content (AvgIpc) is 2.54. The third-order valence-electron chi connectivity index (χ3n) is 3.47. The van der Waals surface area contributed by atoms with E-state index in [1.165, 1.54) is 32.1 Å². The summed E-state index contributed by atoms with van der Waals surface area (Å²) in [4.78, 5) is 0.